The van der Waals surface area contributed by atoms with E-state index in [2.05, 4.69) is 10.3 Å². The van der Waals surface area contributed by atoms with Gasteiger partial charge in [0.05, 0.1) is 11.9 Å². The minimum Gasteiger partial charge on any atom is -0.444 e. The van der Waals surface area contributed by atoms with Gasteiger partial charge in [0.15, 0.2) is 0 Å². The number of amides is 1. The highest BCUT2D eigenvalue weighted by Crippen LogP contribution is 2.07. The molecule has 94 valence electrons. The van der Waals surface area contributed by atoms with Gasteiger partial charge in [0.2, 0.25) is 0 Å². The molecule has 1 aromatic carbocycles. The van der Waals surface area contributed by atoms with Gasteiger partial charge in [-0.2, -0.15) is 5.26 Å². The number of pyridine rings is 1. The molecule has 5 nitrogen and oxygen atoms in total. The fourth-order valence-electron chi connectivity index (χ4n) is 1.41. The molecule has 2 rings (SSSR count). The van der Waals surface area contributed by atoms with Gasteiger partial charge in [-0.05, 0) is 17.7 Å². The molecule has 0 saturated carbocycles. The molecule has 1 aromatic heterocycles. The van der Waals surface area contributed by atoms with Crippen LogP contribution in [0.25, 0.3) is 0 Å². The lowest BCUT2D eigenvalue weighted by atomic mass is 10.2. The van der Waals surface area contributed by atoms with Crippen LogP contribution >= 0.6 is 0 Å². The summed E-state index contributed by atoms with van der Waals surface area (Å²) in [5.74, 6) is 0. The van der Waals surface area contributed by atoms with E-state index in [0.29, 0.717) is 11.4 Å². The molecule has 0 aliphatic carbocycles. The molecule has 0 unspecified atom stereocenters. The lowest BCUT2D eigenvalue weighted by molar-refractivity contribution is 0.155. The Balaban J connectivity index is 1.86. The van der Waals surface area contributed by atoms with Crippen molar-refractivity contribution in [3.8, 4) is 6.07 Å². The maximum atomic E-state index is 11.5. The third kappa shape index (κ3) is 3.82. The molecule has 0 atom stereocenters. The Hall–Kier alpha value is -2.87. The second kappa shape index (κ2) is 6.17. The van der Waals surface area contributed by atoms with E-state index in [-0.39, 0.29) is 6.61 Å². The van der Waals surface area contributed by atoms with E-state index in [1.165, 1.54) is 12.3 Å². The van der Waals surface area contributed by atoms with Gasteiger partial charge in [-0.25, -0.2) is 9.78 Å². The quantitative estimate of drug-likeness (QED) is 0.912. The van der Waals surface area contributed by atoms with Gasteiger partial charge < -0.3 is 4.74 Å². The zero-order chi connectivity index (χ0) is 13.5. The maximum Gasteiger partial charge on any atom is 0.412 e. The summed E-state index contributed by atoms with van der Waals surface area (Å²) in [4.78, 5) is 15.4. The minimum atomic E-state index is -0.560. The number of carbonyl (C=O) groups excluding carboxylic acids is 1. The van der Waals surface area contributed by atoms with Crippen LogP contribution in [-0.4, -0.2) is 11.1 Å². The van der Waals surface area contributed by atoms with Crippen LogP contribution in [0.5, 0.6) is 0 Å². The molecule has 0 spiro atoms. The first-order valence-electron chi connectivity index (χ1n) is 5.62. The molecule has 19 heavy (non-hydrogen) atoms. The smallest absolute Gasteiger partial charge is 0.412 e. The Morgan fingerprint density at radius 3 is 2.68 bits per heavy atom. The summed E-state index contributed by atoms with van der Waals surface area (Å²) in [5.41, 5.74) is 1.69. The summed E-state index contributed by atoms with van der Waals surface area (Å²) in [6.45, 7) is 0.205. The zero-order valence-electron chi connectivity index (χ0n) is 10.0. The molecular weight excluding hydrogens is 242 g/mol. The number of ether oxygens (including phenoxy) is 1. The first kappa shape index (κ1) is 12.6. The van der Waals surface area contributed by atoms with E-state index < -0.39 is 6.09 Å². The van der Waals surface area contributed by atoms with Crippen molar-refractivity contribution in [1.29, 1.82) is 5.26 Å². The van der Waals surface area contributed by atoms with E-state index in [1.807, 2.05) is 36.4 Å². The Kier molecular flexibility index (Phi) is 4.09. The van der Waals surface area contributed by atoms with Crippen molar-refractivity contribution in [2.24, 2.45) is 0 Å². The summed E-state index contributed by atoms with van der Waals surface area (Å²) >= 11 is 0. The van der Waals surface area contributed by atoms with E-state index in [9.17, 15) is 4.79 Å². The van der Waals surface area contributed by atoms with Crippen LogP contribution in [0.15, 0.2) is 48.7 Å². The van der Waals surface area contributed by atoms with Crippen molar-refractivity contribution in [3.05, 3.63) is 59.9 Å². The van der Waals surface area contributed by atoms with Gasteiger partial charge in [0.25, 0.3) is 0 Å². The Bertz CT molecular complexity index is 588. The van der Waals surface area contributed by atoms with Gasteiger partial charge >= 0.3 is 6.09 Å². The van der Waals surface area contributed by atoms with E-state index in [0.717, 1.165) is 5.56 Å². The van der Waals surface area contributed by atoms with E-state index >= 15 is 0 Å². The summed E-state index contributed by atoms with van der Waals surface area (Å²) in [5, 5.41) is 11.1. The van der Waals surface area contributed by atoms with Crippen LogP contribution in [-0.2, 0) is 11.3 Å². The van der Waals surface area contributed by atoms with Crippen molar-refractivity contribution in [2.75, 3.05) is 5.32 Å². The molecule has 1 heterocycles. The normalized spacial score (nSPS) is 9.42. The van der Waals surface area contributed by atoms with Gasteiger partial charge in [0.1, 0.15) is 18.4 Å². The van der Waals surface area contributed by atoms with Gasteiger partial charge in [0, 0.05) is 0 Å². The lowest BCUT2D eigenvalue weighted by Crippen LogP contribution is -2.13. The van der Waals surface area contributed by atoms with Crippen molar-refractivity contribution in [3.63, 3.8) is 0 Å². The topological polar surface area (TPSA) is 75.0 Å². The predicted molar refractivity (Wildman–Crippen MR) is 69.2 cm³/mol. The van der Waals surface area contributed by atoms with Gasteiger partial charge in [-0.15, -0.1) is 0 Å². The molecule has 5 heteroatoms. The number of aromatic nitrogens is 1. The number of hydrogen-bond donors (Lipinski definition) is 1. The zero-order valence-corrected chi connectivity index (χ0v) is 10.0. The number of hydrogen-bond acceptors (Lipinski definition) is 4. The molecule has 0 saturated heterocycles. The summed E-state index contributed by atoms with van der Waals surface area (Å²) in [6.07, 6.45) is 0.845. The maximum absolute atomic E-state index is 11.5. The Labute approximate surface area is 110 Å². The predicted octanol–water partition coefficient (Wildman–Crippen LogP) is 2.70. The first-order chi connectivity index (χ1) is 9.28. The first-order valence-corrected chi connectivity index (χ1v) is 5.62. The van der Waals surface area contributed by atoms with Crippen LogP contribution in [0, 0.1) is 11.3 Å². The number of carbonyl (C=O) groups is 1. The number of nitriles is 1. The SMILES string of the molecule is N#Cc1ccc(NC(=O)OCc2ccccc2)cn1. The monoisotopic (exact) mass is 253 g/mol. The number of nitrogens with one attached hydrogen (secondary N) is 1. The van der Waals surface area contributed by atoms with Gasteiger partial charge in [-0.3, -0.25) is 5.32 Å². The molecular formula is C14H11N3O2. The highest BCUT2D eigenvalue weighted by molar-refractivity contribution is 5.84. The molecule has 0 radical (unpaired) electrons. The molecule has 0 aliphatic heterocycles. The van der Waals surface area contributed by atoms with Crippen LogP contribution in [0.2, 0.25) is 0 Å². The van der Waals surface area contributed by atoms with Crippen LogP contribution in [0.1, 0.15) is 11.3 Å². The molecule has 1 N–H and O–H groups in total. The lowest BCUT2D eigenvalue weighted by Gasteiger charge is -2.06. The number of benzene rings is 1. The third-order valence-corrected chi connectivity index (χ3v) is 2.34. The Morgan fingerprint density at radius 2 is 2.05 bits per heavy atom. The second-order valence-electron chi connectivity index (χ2n) is 3.73. The summed E-state index contributed by atoms with van der Waals surface area (Å²) < 4.78 is 5.05. The number of anilines is 1. The van der Waals surface area contributed by atoms with Crippen LogP contribution in [0.4, 0.5) is 10.5 Å². The van der Waals surface area contributed by atoms with Crippen molar-refractivity contribution in [1.82, 2.24) is 4.98 Å². The second-order valence-corrected chi connectivity index (χ2v) is 3.73. The molecule has 0 fully saturated rings. The third-order valence-electron chi connectivity index (χ3n) is 2.34. The van der Waals surface area contributed by atoms with Crippen LogP contribution in [0.3, 0.4) is 0 Å². The standard InChI is InChI=1S/C14H11N3O2/c15-8-12-6-7-13(9-16-12)17-14(18)19-10-11-4-2-1-3-5-11/h1-7,9H,10H2,(H,17,18). The number of nitrogens with zero attached hydrogens (tertiary/aromatic N) is 2. The number of rotatable bonds is 3. The van der Waals surface area contributed by atoms with E-state index in [1.54, 1.807) is 6.07 Å². The van der Waals surface area contributed by atoms with Gasteiger partial charge in [-0.1, -0.05) is 30.3 Å². The molecule has 0 aliphatic rings. The van der Waals surface area contributed by atoms with E-state index in [4.69, 9.17) is 10.00 Å². The average Bonchev–Trinajstić information content (AvgIpc) is 2.47. The molecule has 2 aromatic rings. The largest absolute Gasteiger partial charge is 0.444 e. The Morgan fingerprint density at radius 1 is 1.26 bits per heavy atom. The summed E-state index contributed by atoms with van der Waals surface area (Å²) in [6, 6.07) is 14.4. The van der Waals surface area contributed by atoms with Crippen molar-refractivity contribution in [2.45, 2.75) is 6.61 Å². The summed E-state index contributed by atoms with van der Waals surface area (Å²) in [7, 11) is 0. The highest BCUT2D eigenvalue weighted by Gasteiger charge is 2.04. The van der Waals surface area contributed by atoms with Crippen molar-refractivity contribution >= 4 is 11.8 Å². The fourth-order valence-corrected chi connectivity index (χ4v) is 1.41. The highest BCUT2D eigenvalue weighted by atomic mass is 16.5. The van der Waals surface area contributed by atoms with Crippen molar-refractivity contribution < 1.29 is 9.53 Å². The molecule has 1 amide bonds. The fraction of sp³-hybridized carbons (Fsp3) is 0.0714. The molecule has 0 bridgehead atoms. The minimum absolute atomic E-state index is 0.205. The van der Waals surface area contributed by atoms with Crippen LogP contribution < -0.4 is 5.32 Å². The average molecular weight is 253 g/mol.